The van der Waals surface area contributed by atoms with Crippen LogP contribution in [0.2, 0.25) is 0 Å². The third-order valence-corrected chi connectivity index (χ3v) is 7.06. The van der Waals surface area contributed by atoms with E-state index in [1.165, 1.54) is 48.5 Å². The van der Waals surface area contributed by atoms with Crippen molar-refractivity contribution < 1.29 is 31.9 Å². The normalized spacial score (nSPS) is 15.0. The Hall–Kier alpha value is -4.36. The minimum absolute atomic E-state index is 0.0233. The van der Waals surface area contributed by atoms with Gasteiger partial charge in [-0.2, -0.15) is 8.42 Å². The zero-order valence-corrected chi connectivity index (χ0v) is 21.3. The van der Waals surface area contributed by atoms with Gasteiger partial charge in [0.15, 0.2) is 5.75 Å². The van der Waals surface area contributed by atoms with Crippen LogP contribution < -0.4 is 14.4 Å². The average Bonchev–Trinajstić information content (AvgIpc) is 2.84. The molecule has 3 aromatic carbocycles. The molecule has 1 saturated heterocycles. The number of nitrogens with one attached hydrogen (secondary N) is 1. The quantitative estimate of drug-likeness (QED) is 0.149. The molecule has 4 amide bonds. The van der Waals surface area contributed by atoms with Crippen LogP contribution >= 0.6 is 15.9 Å². The second-order valence-corrected chi connectivity index (χ2v) is 10.2. The van der Waals surface area contributed by atoms with E-state index in [0.29, 0.717) is 10.5 Å². The summed E-state index contributed by atoms with van der Waals surface area (Å²) >= 11 is 3.23. The number of rotatable bonds is 6. The van der Waals surface area contributed by atoms with Crippen LogP contribution in [0.5, 0.6) is 5.75 Å². The van der Waals surface area contributed by atoms with E-state index < -0.39 is 32.9 Å². The molecule has 1 heterocycles. The lowest BCUT2D eigenvalue weighted by Gasteiger charge is -2.26. The van der Waals surface area contributed by atoms with Crippen LogP contribution in [0.15, 0.2) is 81.7 Å². The Bertz CT molecular complexity index is 1580. The summed E-state index contributed by atoms with van der Waals surface area (Å²) in [6.07, 6.45) is 1.21. The van der Waals surface area contributed by atoms with Gasteiger partial charge in [0.1, 0.15) is 10.5 Å². The molecule has 0 spiro atoms. The Kier molecular flexibility index (Phi) is 6.92. The number of benzene rings is 3. The SMILES string of the molecule is Cc1ccc(S(=O)(=O)Oc2ccc(/C=C3\C(=O)NC(=O)N(c4ccc([N+](=O)[O-])cc4)C3=O)cc2Br)cc1. The van der Waals surface area contributed by atoms with Gasteiger partial charge in [0.25, 0.3) is 17.5 Å². The van der Waals surface area contributed by atoms with E-state index in [0.717, 1.165) is 17.7 Å². The van der Waals surface area contributed by atoms with Crippen LogP contribution in [0, 0.1) is 17.0 Å². The maximum absolute atomic E-state index is 13.0. The number of carbonyl (C=O) groups excluding carboxylic acids is 3. The monoisotopic (exact) mass is 585 g/mol. The predicted molar refractivity (Wildman–Crippen MR) is 135 cm³/mol. The number of halogens is 1. The largest absolute Gasteiger partial charge is 0.378 e. The molecule has 0 aromatic heterocycles. The second kappa shape index (κ2) is 9.95. The van der Waals surface area contributed by atoms with Crippen molar-refractivity contribution >= 4 is 61.3 Å². The third-order valence-electron chi connectivity index (χ3n) is 5.20. The fourth-order valence-corrected chi connectivity index (χ4v) is 4.86. The van der Waals surface area contributed by atoms with Gasteiger partial charge in [-0.25, -0.2) is 9.69 Å². The van der Waals surface area contributed by atoms with Crippen molar-refractivity contribution in [3.8, 4) is 5.75 Å². The first-order valence-corrected chi connectivity index (χ1v) is 12.6. The van der Waals surface area contributed by atoms with Gasteiger partial charge in [0, 0.05) is 12.1 Å². The lowest BCUT2D eigenvalue weighted by atomic mass is 10.1. The Morgan fingerprint density at radius 3 is 2.24 bits per heavy atom. The molecule has 0 unspecified atom stereocenters. The molecule has 0 aliphatic carbocycles. The smallest absolute Gasteiger partial charge is 0.339 e. The van der Waals surface area contributed by atoms with E-state index in [1.807, 2.05) is 6.92 Å². The van der Waals surface area contributed by atoms with Crippen molar-refractivity contribution in [1.29, 1.82) is 0 Å². The molecule has 0 saturated carbocycles. The Morgan fingerprint density at radius 2 is 1.65 bits per heavy atom. The minimum Gasteiger partial charge on any atom is -0.378 e. The summed E-state index contributed by atoms with van der Waals surface area (Å²) in [5.41, 5.74) is 0.608. The second-order valence-electron chi connectivity index (χ2n) is 7.77. The molecule has 1 N–H and O–H groups in total. The van der Waals surface area contributed by atoms with Crippen LogP contribution in [0.25, 0.3) is 6.08 Å². The lowest BCUT2D eigenvalue weighted by molar-refractivity contribution is -0.384. The molecule has 188 valence electrons. The number of aryl methyl sites for hydroxylation is 1. The number of nitro benzene ring substituents is 1. The summed E-state index contributed by atoms with van der Waals surface area (Å²) in [6, 6.07) is 14.0. The highest BCUT2D eigenvalue weighted by atomic mass is 79.9. The highest BCUT2D eigenvalue weighted by Crippen LogP contribution is 2.31. The number of carbonyl (C=O) groups is 3. The van der Waals surface area contributed by atoms with Gasteiger partial charge < -0.3 is 4.18 Å². The third kappa shape index (κ3) is 5.42. The maximum Gasteiger partial charge on any atom is 0.339 e. The number of anilines is 1. The topological polar surface area (TPSA) is 153 Å². The molecule has 13 heteroatoms. The Labute approximate surface area is 218 Å². The van der Waals surface area contributed by atoms with Crippen molar-refractivity contribution in [2.75, 3.05) is 4.90 Å². The van der Waals surface area contributed by atoms with Gasteiger partial charge in [0.2, 0.25) is 0 Å². The predicted octanol–water partition coefficient (Wildman–Crippen LogP) is 4.10. The highest BCUT2D eigenvalue weighted by molar-refractivity contribution is 9.10. The van der Waals surface area contributed by atoms with Gasteiger partial charge >= 0.3 is 16.1 Å². The summed E-state index contributed by atoms with van der Waals surface area (Å²) in [7, 11) is -4.11. The van der Waals surface area contributed by atoms with Gasteiger partial charge in [0.05, 0.1) is 15.1 Å². The maximum atomic E-state index is 13.0. The van der Waals surface area contributed by atoms with Crippen LogP contribution in [0.1, 0.15) is 11.1 Å². The summed E-state index contributed by atoms with van der Waals surface area (Å²) in [5, 5.41) is 12.9. The fraction of sp³-hybridized carbons (Fsp3) is 0.0417. The van der Waals surface area contributed by atoms with Crippen molar-refractivity contribution in [1.82, 2.24) is 5.32 Å². The molecule has 0 atom stereocenters. The first kappa shape index (κ1) is 25.7. The summed E-state index contributed by atoms with van der Waals surface area (Å²) in [5.74, 6) is -1.91. The molecule has 11 nitrogen and oxygen atoms in total. The van der Waals surface area contributed by atoms with Gasteiger partial charge in [-0.15, -0.1) is 0 Å². The number of urea groups is 1. The molecule has 0 bridgehead atoms. The molecular weight excluding hydrogens is 570 g/mol. The number of imide groups is 2. The van der Waals surface area contributed by atoms with E-state index in [4.69, 9.17) is 4.18 Å². The van der Waals surface area contributed by atoms with Crippen molar-refractivity contribution in [3.05, 3.63) is 98.0 Å². The van der Waals surface area contributed by atoms with E-state index >= 15 is 0 Å². The van der Waals surface area contributed by atoms with Gasteiger partial charge in [-0.1, -0.05) is 23.8 Å². The van der Waals surface area contributed by atoms with Crippen molar-refractivity contribution in [2.24, 2.45) is 0 Å². The molecule has 0 radical (unpaired) electrons. The first-order valence-electron chi connectivity index (χ1n) is 10.4. The molecule has 3 aromatic rings. The van der Waals surface area contributed by atoms with Crippen molar-refractivity contribution in [2.45, 2.75) is 11.8 Å². The van der Waals surface area contributed by atoms with E-state index in [2.05, 4.69) is 21.2 Å². The lowest BCUT2D eigenvalue weighted by Crippen LogP contribution is -2.54. The fourth-order valence-electron chi connectivity index (χ4n) is 3.33. The number of hydrogen-bond acceptors (Lipinski definition) is 8. The Balaban J connectivity index is 1.61. The first-order chi connectivity index (χ1) is 17.5. The number of barbiturate groups is 1. The molecule has 4 rings (SSSR count). The number of amides is 4. The Morgan fingerprint density at radius 1 is 1.00 bits per heavy atom. The van der Waals surface area contributed by atoms with Crippen LogP contribution in [0.4, 0.5) is 16.2 Å². The molecular formula is C24H16BrN3O8S. The van der Waals surface area contributed by atoms with E-state index in [-0.39, 0.29) is 32.1 Å². The van der Waals surface area contributed by atoms with Crippen LogP contribution in [-0.2, 0) is 19.7 Å². The number of non-ortho nitro benzene ring substituents is 1. The average molecular weight is 586 g/mol. The molecule has 1 aliphatic rings. The van der Waals surface area contributed by atoms with Crippen LogP contribution in [0.3, 0.4) is 0 Å². The zero-order chi connectivity index (χ0) is 26.9. The minimum atomic E-state index is -4.11. The van der Waals surface area contributed by atoms with Gasteiger partial charge in [-0.05, 0) is 70.9 Å². The molecule has 1 aliphatic heterocycles. The number of nitro groups is 1. The summed E-state index contributed by atoms with van der Waals surface area (Å²) in [4.78, 5) is 48.6. The van der Waals surface area contributed by atoms with E-state index in [1.54, 1.807) is 12.1 Å². The highest BCUT2D eigenvalue weighted by Gasteiger charge is 2.37. The van der Waals surface area contributed by atoms with Gasteiger partial charge in [-0.3, -0.25) is 25.0 Å². The standard InChI is InChI=1S/C24H16BrN3O8S/c1-14-2-9-18(10-3-14)37(34,35)36-21-11-4-15(13-20(21)25)12-19-22(29)26-24(31)27(23(19)30)16-5-7-17(8-6-16)28(32)33/h2-13H,1H3,(H,26,29,31)/b19-12+. The number of hydrogen-bond donors (Lipinski definition) is 1. The molecule has 1 fully saturated rings. The number of nitrogens with zero attached hydrogens (tertiary/aromatic N) is 2. The van der Waals surface area contributed by atoms with Crippen LogP contribution in [-0.4, -0.2) is 31.2 Å². The van der Waals surface area contributed by atoms with E-state index in [9.17, 15) is 32.9 Å². The zero-order valence-electron chi connectivity index (χ0n) is 18.9. The molecule has 37 heavy (non-hydrogen) atoms. The summed E-state index contributed by atoms with van der Waals surface area (Å²) in [6.45, 7) is 1.82. The summed E-state index contributed by atoms with van der Waals surface area (Å²) < 4.78 is 30.6. The van der Waals surface area contributed by atoms with Crippen molar-refractivity contribution in [3.63, 3.8) is 0 Å².